The fourth-order valence-corrected chi connectivity index (χ4v) is 6.31. The van der Waals surface area contributed by atoms with Gasteiger partial charge in [0.25, 0.3) is 0 Å². The molecular formula is C43H82O5. The number of hydrogen-bond donors (Lipinski definition) is 1. The zero-order chi connectivity index (χ0) is 35.0. The third-order valence-electron chi connectivity index (χ3n) is 9.56. The second kappa shape index (κ2) is 40.1. The van der Waals surface area contributed by atoms with E-state index in [0.717, 1.165) is 44.9 Å². The monoisotopic (exact) mass is 679 g/mol. The summed E-state index contributed by atoms with van der Waals surface area (Å²) in [7, 11) is 0. The van der Waals surface area contributed by atoms with Crippen molar-refractivity contribution in [3.05, 3.63) is 12.2 Å². The van der Waals surface area contributed by atoms with Gasteiger partial charge in [0.2, 0.25) is 0 Å². The minimum atomic E-state index is -0.767. The maximum Gasteiger partial charge on any atom is 0.306 e. The molecule has 5 heteroatoms. The van der Waals surface area contributed by atoms with Gasteiger partial charge in [0.1, 0.15) is 6.61 Å². The first-order valence-electron chi connectivity index (χ1n) is 21.2. The van der Waals surface area contributed by atoms with Crippen LogP contribution in [-0.2, 0) is 19.1 Å². The second-order valence-electron chi connectivity index (χ2n) is 14.4. The van der Waals surface area contributed by atoms with Crippen LogP contribution in [0, 0.1) is 0 Å². The van der Waals surface area contributed by atoms with Crippen molar-refractivity contribution in [3.63, 3.8) is 0 Å². The summed E-state index contributed by atoms with van der Waals surface area (Å²) in [6.07, 6.45) is 45.7. The second-order valence-corrected chi connectivity index (χ2v) is 14.4. The van der Waals surface area contributed by atoms with E-state index in [1.54, 1.807) is 0 Å². The fraction of sp³-hybridized carbons (Fsp3) is 0.907. The number of carbonyl (C=O) groups is 2. The van der Waals surface area contributed by atoms with Crippen LogP contribution in [0.15, 0.2) is 12.2 Å². The Labute approximate surface area is 299 Å². The summed E-state index contributed by atoms with van der Waals surface area (Å²) >= 11 is 0. The molecule has 0 aliphatic heterocycles. The molecule has 0 radical (unpaired) electrons. The quantitative estimate of drug-likeness (QED) is 0.0398. The van der Waals surface area contributed by atoms with Crippen LogP contribution in [0.2, 0.25) is 0 Å². The van der Waals surface area contributed by atoms with E-state index in [-0.39, 0.29) is 25.2 Å². The van der Waals surface area contributed by atoms with E-state index in [1.807, 2.05) is 0 Å². The molecule has 0 rings (SSSR count). The first kappa shape index (κ1) is 46.6. The van der Waals surface area contributed by atoms with Crippen molar-refractivity contribution in [2.75, 3.05) is 13.2 Å². The van der Waals surface area contributed by atoms with Crippen LogP contribution in [0.1, 0.15) is 232 Å². The van der Waals surface area contributed by atoms with Crippen molar-refractivity contribution >= 4 is 11.9 Å². The van der Waals surface area contributed by atoms with Crippen molar-refractivity contribution in [2.24, 2.45) is 0 Å². The first-order valence-corrected chi connectivity index (χ1v) is 21.2. The van der Waals surface area contributed by atoms with E-state index in [0.29, 0.717) is 12.8 Å². The Bertz CT molecular complexity index is 691. The number of ether oxygens (including phenoxy) is 2. The van der Waals surface area contributed by atoms with E-state index in [4.69, 9.17) is 9.47 Å². The molecule has 48 heavy (non-hydrogen) atoms. The molecule has 0 fully saturated rings. The summed E-state index contributed by atoms with van der Waals surface area (Å²) < 4.78 is 10.6. The molecule has 0 aliphatic rings. The van der Waals surface area contributed by atoms with Gasteiger partial charge in [-0.1, -0.05) is 193 Å². The van der Waals surface area contributed by atoms with Crippen LogP contribution in [0.25, 0.3) is 0 Å². The average Bonchev–Trinajstić information content (AvgIpc) is 3.09. The van der Waals surface area contributed by atoms with Crippen LogP contribution in [0.3, 0.4) is 0 Å². The van der Waals surface area contributed by atoms with Crippen LogP contribution in [0.4, 0.5) is 0 Å². The SMILES string of the molecule is CCCCC/C=C/CCCCCCCC(=O)OC[C@H](CO)OC(=O)CCCCCCCCCCCCCCCCCCCCCCCC. The number of allylic oxidation sites excluding steroid dienone is 2. The molecule has 1 atom stereocenters. The van der Waals surface area contributed by atoms with Crippen LogP contribution in [0.5, 0.6) is 0 Å². The van der Waals surface area contributed by atoms with E-state index < -0.39 is 6.10 Å². The lowest BCUT2D eigenvalue weighted by Crippen LogP contribution is -2.28. The minimum Gasteiger partial charge on any atom is -0.462 e. The van der Waals surface area contributed by atoms with Gasteiger partial charge < -0.3 is 14.6 Å². The summed E-state index contributed by atoms with van der Waals surface area (Å²) in [4.78, 5) is 24.2. The maximum atomic E-state index is 12.2. The van der Waals surface area contributed by atoms with E-state index >= 15 is 0 Å². The highest BCUT2D eigenvalue weighted by Gasteiger charge is 2.16. The van der Waals surface area contributed by atoms with Gasteiger partial charge in [0.15, 0.2) is 6.10 Å². The molecule has 0 amide bonds. The predicted molar refractivity (Wildman–Crippen MR) is 205 cm³/mol. The van der Waals surface area contributed by atoms with E-state index in [2.05, 4.69) is 26.0 Å². The molecule has 1 N–H and O–H groups in total. The lowest BCUT2D eigenvalue weighted by atomic mass is 10.0. The van der Waals surface area contributed by atoms with Crippen LogP contribution in [-0.4, -0.2) is 36.4 Å². The summed E-state index contributed by atoms with van der Waals surface area (Å²) in [6.45, 7) is 4.13. The normalized spacial score (nSPS) is 12.1. The third kappa shape index (κ3) is 37.5. The van der Waals surface area contributed by atoms with Gasteiger partial charge in [-0.05, 0) is 38.5 Å². The molecule has 0 aliphatic carbocycles. The molecule has 0 aromatic heterocycles. The largest absolute Gasteiger partial charge is 0.462 e. The summed E-state index contributed by atoms with van der Waals surface area (Å²) in [5.41, 5.74) is 0. The first-order chi connectivity index (χ1) is 23.6. The molecule has 0 bridgehead atoms. The van der Waals surface area contributed by atoms with Crippen LogP contribution < -0.4 is 0 Å². The average molecular weight is 679 g/mol. The number of unbranched alkanes of at least 4 members (excludes halogenated alkanes) is 29. The van der Waals surface area contributed by atoms with Gasteiger partial charge in [-0.3, -0.25) is 9.59 Å². The lowest BCUT2D eigenvalue weighted by Gasteiger charge is -2.15. The predicted octanol–water partition coefficient (Wildman–Crippen LogP) is 13.3. The molecule has 284 valence electrons. The van der Waals surface area contributed by atoms with Gasteiger partial charge in [-0.25, -0.2) is 0 Å². The molecule has 0 aromatic carbocycles. The molecule has 0 heterocycles. The molecule has 5 nitrogen and oxygen atoms in total. The van der Waals surface area contributed by atoms with Crippen molar-refractivity contribution in [1.29, 1.82) is 0 Å². The molecule has 0 saturated heterocycles. The van der Waals surface area contributed by atoms with Crippen molar-refractivity contribution < 1.29 is 24.2 Å². The topological polar surface area (TPSA) is 72.8 Å². The van der Waals surface area contributed by atoms with Gasteiger partial charge in [0.05, 0.1) is 6.61 Å². The van der Waals surface area contributed by atoms with Crippen molar-refractivity contribution in [3.8, 4) is 0 Å². The molecule has 0 saturated carbocycles. The van der Waals surface area contributed by atoms with Gasteiger partial charge in [-0.2, -0.15) is 0 Å². The number of aliphatic hydroxyl groups is 1. The molecule has 0 unspecified atom stereocenters. The number of rotatable bonds is 39. The molecular weight excluding hydrogens is 596 g/mol. The Balaban J connectivity index is 3.46. The lowest BCUT2D eigenvalue weighted by molar-refractivity contribution is -0.161. The van der Waals surface area contributed by atoms with E-state index in [1.165, 1.54) is 161 Å². The van der Waals surface area contributed by atoms with Gasteiger partial charge in [-0.15, -0.1) is 0 Å². The van der Waals surface area contributed by atoms with Crippen LogP contribution >= 0.6 is 0 Å². The minimum absolute atomic E-state index is 0.0645. The Hall–Kier alpha value is -1.36. The standard InChI is InChI=1S/C43H82O5/c1-3-5-7-9-11-13-15-17-18-19-20-21-22-23-24-25-26-28-30-32-34-36-38-43(46)48-41(39-44)40-47-42(45)37-35-33-31-29-27-16-14-12-10-8-6-4-2/h12,14,41,44H,3-11,13,15-40H2,1-2H3/b14-12+/t41-/m0/s1. The summed E-state index contributed by atoms with van der Waals surface area (Å²) in [6, 6.07) is 0. The number of esters is 2. The maximum absolute atomic E-state index is 12.2. The zero-order valence-corrected chi connectivity index (χ0v) is 32.3. The third-order valence-corrected chi connectivity index (χ3v) is 9.56. The highest BCUT2D eigenvalue weighted by molar-refractivity contribution is 5.70. The van der Waals surface area contributed by atoms with Gasteiger partial charge >= 0.3 is 11.9 Å². The Morgan fingerprint density at radius 3 is 1.17 bits per heavy atom. The number of hydrogen-bond acceptors (Lipinski definition) is 5. The highest BCUT2D eigenvalue weighted by Crippen LogP contribution is 2.16. The molecule has 0 aromatic rings. The highest BCUT2D eigenvalue weighted by atomic mass is 16.6. The Kier molecular flexibility index (Phi) is 38.9. The van der Waals surface area contributed by atoms with E-state index in [9.17, 15) is 14.7 Å². The zero-order valence-electron chi connectivity index (χ0n) is 32.3. The van der Waals surface area contributed by atoms with Crippen molar-refractivity contribution in [2.45, 2.75) is 238 Å². The summed E-state index contributed by atoms with van der Waals surface area (Å²) in [5, 5.41) is 9.55. The fourth-order valence-electron chi connectivity index (χ4n) is 6.31. The molecule has 0 spiro atoms. The Morgan fingerprint density at radius 2 is 0.771 bits per heavy atom. The van der Waals surface area contributed by atoms with Gasteiger partial charge in [0, 0.05) is 12.8 Å². The smallest absolute Gasteiger partial charge is 0.306 e. The number of carbonyl (C=O) groups excluding carboxylic acids is 2. The van der Waals surface area contributed by atoms with Crippen molar-refractivity contribution in [1.82, 2.24) is 0 Å². The number of aliphatic hydroxyl groups excluding tert-OH is 1. The summed E-state index contributed by atoms with van der Waals surface area (Å²) in [5.74, 6) is -0.590. The Morgan fingerprint density at radius 1 is 0.458 bits per heavy atom.